The number of halogens is 1. The van der Waals surface area contributed by atoms with Crippen molar-refractivity contribution in [2.45, 2.75) is 25.9 Å². The predicted molar refractivity (Wildman–Crippen MR) is 72.5 cm³/mol. The highest BCUT2D eigenvalue weighted by molar-refractivity contribution is 14.1. The van der Waals surface area contributed by atoms with Crippen molar-refractivity contribution < 1.29 is 14.3 Å². The minimum atomic E-state index is -0.239. The molecule has 0 aromatic heterocycles. The van der Waals surface area contributed by atoms with Crippen LogP contribution in [0.3, 0.4) is 0 Å². The number of rotatable bonds is 2. The number of nitrogens with zero attached hydrogens (tertiary/aromatic N) is 1. The van der Waals surface area contributed by atoms with Crippen LogP contribution in [-0.2, 0) is 14.3 Å². The average Bonchev–Trinajstić information content (AvgIpc) is 2.36. The largest absolute Gasteiger partial charge is 0.497 e. The third-order valence-corrected chi connectivity index (χ3v) is 4.56. The Bertz CT molecular complexity index is 332. The highest BCUT2D eigenvalue weighted by Gasteiger charge is 2.41. The van der Waals surface area contributed by atoms with Crippen LogP contribution in [-0.4, -0.2) is 35.4 Å². The lowest BCUT2D eigenvalue weighted by atomic mass is 9.76. The Morgan fingerprint density at radius 2 is 2.47 bits per heavy atom. The number of carbonyl (C=O) groups is 1. The van der Waals surface area contributed by atoms with Crippen molar-refractivity contribution >= 4 is 28.8 Å². The summed E-state index contributed by atoms with van der Waals surface area (Å²) in [5.41, 5.74) is 0.715. The predicted octanol–water partition coefficient (Wildman–Crippen LogP) is 2.14. The Morgan fingerprint density at radius 1 is 1.71 bits per heavy atom. The van der Waals surface area contributed by atoms with Gasteiger partial charge in [-0.2, -0.15) is 0 Å². The van der Waals surface area contributed by atoms with Crippen LogP contribution in [0.4, 0.5) is 0 Å². The van der Waals surface area contributed by atoms with Gasteiger partial charge in [-0.15, -0.1) is 0 Å². The van der Waals surface area contributed by atoms with E-state index in [2.05, 4.69) is 32.9 Å². The van der Waals surface area contributed by atoms with Crippen LogP contribution in [0.25, 0.3) is 0 Å². The summed E-state index contributed by atoms with van der Waals surface area (Å²) in [5.74, 6) is 0.466. The second-order valence-corrected chi connectivity index (χ2v) is 5.94. The number of esters is 1. The minimum absolute atomic E-state index is 0.228. The summed E-state index contributed by atoms with van der Waals surface area (Å²) in [6, 6.07) is 0. The molecule has 0 spiro atoms. The highest BCUT2D eigenvalue weighted by atomic mass is 127. The third-order valence-electron chi connectivity index (χ3n) is 3.68. The van der Waals surface area contributed by atoms with Gasteiger partial charge < -0.3 is 9.47 Å². The molecule has 2 aliphatic rings. The fourth-order valence-corrected chi connectivity index (χ4v) is 3.50. The number of carbonyl (C=O) groups excluding carboxylic acids is 1. The lowest BCUT2D eigenvalue weighted by molar-refractivity contribution is -0.138. The molecule has 17 heavy (non-hydrogen) atoms. The van der Waals surface area contributed by atoms with Crippen LogP contribution in [0.5, 0.6) is 0 Å². The van der Waals surface area contributed by atoms with Gasteiger partial charge in [-0.1, -0.05) is 6.92 Å². The van der Waals surface area contributed by atoms with Crippen LogP contribution in [0.1, 0.15) is 19.8 Å². The fraction of sp³-hybridized carbons (Fsp3) is 0.750. The monoisotopic (exact) mass is 351 g/mol. The summed E-state index contributed by atoms with van der Waals surface area (Å²) >= 11 is 2.35. The molecule has 0 saturated carbocycles. The van der Waals surface area contributed by atoms with Gasteiger partial charge in [-0.05, 0) is 12.8 Å². The summed E-state index contributed by atoms with van der Waals surface area (Å²) in [7, 11) is 1.43. The quantitative estimate of drug-likeness (QED) is 0.434. The average molecular weight is 351 g/mol. The van der Waals surface area contributed by atoms with E-state index < -0.39 is 0 Å². The van der Waals surface area contributed by atoms with Crippen molar-refractivity contribution in [1.29, 1.82) is 0 Å². The van der Waals surface area contributed by atoms with Gasteiger partial charge in [0.2, 0.25) is 0 Å². The number of methoxy groups -OCH3 is 1. The van der Waals surface area contributed by atoms with E-state index >= 15 is 0 Å². The third kappa shape index (κ3) is 2.59. The molecule has 1 fully saturated rings. The van der Waals surface area contributed by atoms with Crippen LogP contribution in [0.15, 0.2) is 11.8 Å². The van der Waals surface area contributed by atoms with Gasteiger partial charge in [0.05, 0.1) is 18.9 Å². The molecular formula is C12H18INO3. The number of fused-ring (bicyclic) bond motifs is 1. The van der Waals surface area contributed by atoms with E-state index in [1.165, 1.54) is 7.11 Å². The first kappa shape index (κ1) is 13.1. The second kappa shape index (κ2) is 5.56. The zero-order valence-electron chi connectivity index (χ0n) is 10.2. The zero-order chi connectivity index (χ0) is 12.4. The molecule has 2 aliphatic heterocycles. The maximum Gasteiger partial charge on any atom is 0.337 e. The van der Waals surface area contributed by atoms with E-state index in [1.807, 2.05) is 0 Å². The van der Waals surface area contributed by atoms with Crippen LogP contribution < -0.4 is 0 Å². The van der Waals surface area contributed by atoms with Crippen LogP contribution >= 0.6 is 22.9 Å². The number of ether oxygens (including phenoxy) is 2. The molecule has 0 aromatic carbocycles. The van der Waals surface area contributed by atoms with Gasteiger partial charge >= 0.3 is 5.97 Å². The Hall–Kier alpha value is -0.300. The summed E-state index contributed by atoms with van der Waals surface area (Å²) in [6.45, 7) is 4.13. The molecule has 0 N–H and O–H groups in total. The molecule has 0 radical (unpaired) electrons. The van der Waals surface area contributed by atoms with Gasteiger partial charge in [0, 0.05) is 47.8 Å². The first-order chi connectivity index (χ1) is 8.17. The molecular weight excluding hydrogens is 333 g/mol. The van der Waals surface area contributed by atoms with Gasteiger partial charge in [0.1, 0.15) is 6.10 Å². The Kier molecular flexibility index (Phi) is 4.30. The van der Waals surface area contributed by atoms with Gasteiger partial charge in [0.25, 0.3) is 0 Å². The van der Waals surface area contributed by atoms with Crippen molar-refractivity contribution in [1.82, 2.24) is 3.11 Å². The lowest BCUT2D eigenvalue weighted by Crippen LogP contribution is -2.46. The zero-order valence-corrected chi connectivity index (χ0v) is 12.3. The van der Waals surface area contributed by atoms with E-state index in [0.717, 1.165) is 25.9 Å². The summed E-state index contributed by atoms with van der Waals surface area (Å²) in [5, 5.41) is 0. The van der Waals surface area contributed by atoms with Crippen molar-refractivity contribution in [3.8, 4) is 0 Å². The smallest absolute Gasteiger partial charge is 0.337 e. The first-order valence-corrected chi connectivity index (χ1v) is 6.98. The minimum Gasteiger partial charge on any atom is -0.497 e. The van der Waals surface area contributed by atoms with Crippen molar-refractivity contribution in [3.05, 3.63) is 11.8 Å². The summed E-state index contributed by atoms with van der Waals surface area (Å²) in [6.07, 6.45) is 3.85. The number of hydrogen-bond donors (Lipinski definition) is 0. The standard InChI is InChI=1S/C12H18INO3/c1-3-11-9-6-14(13)5-4-8(9)10(7-17-11)12(15)16-2/h7-9,11H,3-6H2,1-2H3/t8-,9?,11?/m1/s1. The molecule has 2 unspecified atom stereocenters. The van der Waals surface area contributed by atoms with Gasteiger partial charge in [-0.25, -0.2) is 7.91 Å². The fourth-order valence-electron chi connectivity index (χ4n) is 2.77. The van der Waals surface area contributed by atoms with E-state index in [4.69, 9.17) is 9.47 Å². The van der Waals surface area contributed by atoms with E-state index in [-0.39, 0.29) is 12.1 Å². The molecule has 2 heterocycles. The molecule has 0 aliphatic carbocycles. The lowest BCUT2D eigenvalue weighted by Gasteiger charge is -2.42. The molecule has 1 saturated heterocycles. The Morgan fingerprint density at radius 3 is 3.12 bits per heavy atom. The van der Waals surface area contributed by atoms with Crippen LogP contribution in [0, 0.1) is 11.8 Å². The Labute approximate surface area is 116 Å². The summed E-state index contributed by atoms with van der Waals surface area (Å²) in [4.78, 5) is 11.7. The molecule has 0 bridgehead atoms. The second-order valence-electron chi connectivity index (χ2n) is 4.58. The summed E-state index contributed by atoms with van der Waals surface area (Å²) < 4.78 is 12.8. The molecule has 5 heteroatoms. The Balaban J connectivity index is 2.21. The van der Waals surface area contributed by atoms with Crippen molar-refractivity contribution in [3.63, 3.8) is 0 Å². The SMILES string of the molecule is CCC1OC=C(C(=O)OC)[C@@H]2CCN(I)CC12. The molecule has 2 rings (SSSR count). The molecule has 0 amide bonds. The number of piperidine rings is 1. The van der Waals surface area contributed by atoms with Gasteiger partial charge in [-0.3, -0.25) is 0 Å². The highest BCUT2D eigenvalue weighted by Crippen LogP contribution is 2.39. The normalized spacial score (nSPS) is 33.4. The van der Waals surface area contributed by atoms with E-state index in [1.54, 1.807) is 6.26 Å². The number of hydrogen-bond acceptors (Lipinski definition) is 4. The van der Waals surface area contributed by atoms with Crippen LogP contribution in [0.2, 0.25) is 0 Å². The van der Waals surface area contributed by atoms with E-state index in [9.17, 15) is 4.79 Å². The van der Waals surface area contributed by atoms with Crippen molar-refractivity contribution in [2.75, 3.05) is 20.2 Å². The topological polar surface area (TPSA) is 38.8 Å². The maximum absolute atomic E-state index is 11.7. The van der Waals surface area contributed by atoms with E-state index in [0.29, 0.717) is 17.4 Å². The van der Waals surface area contributed by atoms with Crippen molar-refractivity contribution in [2.24, 2.45) is 11.8 Å². The van der Waals surface area contributed by atoms with Gasteiger partial charge in [0.15, 0.2) is 0 Å². The maximum atomic E-state index is 11.7. The molecule has 96 valence electrons. The molecule has 4 nitrogen and oxygen atoms in total. The molecule has 3 atom stereocenters. The first-order valence-electron chi connectivity index (χ1n) is 6.02. The molecule has 0 aromatic rings.